The molecule has 1 aliphatic carbocycles. The smallest absolute Gasteiger partial charge is 0.224 e. The number of H-pyrrole nitrogens is 1. The zero-order valence-electron chi connectivity index (χ0n) is 12.9. The Labute approximate surface area is 130 Å². The van der Waals surface area contributed by atoms with Crippen molar-refractivity contribution in [1.82, 2.24) is 20.4 Å². The predicted molar refractivity (Wildman–Crippen MR) is 82.0 cm³/mol. The maximum absolute atomic E-state index is 12.3. The molecule has 2 amide bonds. The van der Waals surface area contributed by atoms with E-state index < -0.39 is 0 Å². The molecular formula is C16H24N4O2. The Morgan fingerprint density at radius 2 is 2.18 bits per heavy atom. The summed E-state index contributed by atoms with van der Waals surface area (Å²) in [5.41, 5.74) is 1.02. The molecule has 2 heterocycles. The Balaban J connectivity index is 1.48. The molecule has 22 heavy (non-hydrogen) atoms. The molecule has 1 aliphatic heterocycles. The Hall–Kier alpha value is -1.85. The summed E-state index contributed by atoms with van der Waals surface area (Å²) in [4.78, 5) is 26.4. The first-order valence-electron chi connectivity index (χ1n) is 8.29. The van der Waals surface area contributed by atoms with Crippen LogP contribution in [-0.2, 0) is 16.0 Å². The van der Waals surface area contributed by atoms with E-state index in [1.165, 1.54) is 12.8 Å². The lowest BCUT2D eigenvalue weighted by atomic mass is 9.95. The molecule has 2 aliphatic rings. The first-order chi connectivity index (χ1) is 10.7. The molecule has 1 aromatic rings. The van der Waals surface area contributed by atoms with Gasteiger partial charge in [0.2, 0.25) is 11.8 Å². The predicted octanol–water partition coefficient (Wildman–Crippen LogP) is 1.25. The maximum Gasteiger partial charge on any atom is 0.224 e. The molecule has 1 unspecified atom stereocenters. The van der Waals surface area contributed by atoms with Gasteiger partial charge in [0.25, 0.3) is 0 Å². The van der Waals surface area contributed by atoms with Gasteiger partial charge in [0.15, 0.2) is 0 Å². The lowest BCUT2D eigenvalue weighted by Gasteiger charge is -2.36. The van der Waals surface area contributed by atoms with Crippen LogP contribution in [-0.4, -0.2) is 46.0 Å². The maximum atomic E-state index is 12.3. The molecule has 0 spiro atoms. The van der Waals surface area contributed by atoms with Gasteiger partial charge in [0.05, 0.1) is 5.92 Å². The molecule has 1 aromatic heterocycles. The number of hydrogen-bond donors (Lipinski definition) is 2. The molecule has 3 rings (SSSR count). The average Bonchev–Trinajstić information content (AvgIpc) is 3.21. The molecule has 120 valence electrons. The van der Waals surface area contributed by atoms with Gasteiger partial charge in [-0.2, -0.15) is 5.10 Å². The molecule has 0 radical (unpaired) electrons. The summed E-state index contributed by atoms with van der Waals surface area (Å²) in [5, 5.41) is 9.77. The minimum atomic E-state index is -0.0555. The fourth-order valence-corrected chi connectivity index (χ4v) is 3.54. The Morgan fingerprint density at radius 3 is 2.91 bits per heavy atom. The first-order valence-corrected chi connectivity index (χ1v) is 8.29. The largest absolute Gasteiger partial charge is 0.355 e. The van der Waals surface area contributed by atoms with Crippen LogP contribution < -0.4 is 5.32 Å². The molecule has 0 aromatic carbocycles. The second-order valence-corrected chi connectivity index (χ2v) is 6.34. The first kappa shape index (κ1) is 15.1. The molecule has 0 bridgehead atoms. The molecular weight excluding hydrogens is 280 g/mol. The van der Waals surface area contributed by atoms with Gasteiger partial charge in [0.1, 0.15) is 0 Å². The summed E-state index contributed by atoms with van der Waals surface area (Å²) >= 11 is 0. The molecule has 1 saturated heterocycles. The van der Waals surface area contributed by atoms with Crippen LogP contribution >= 0.6 is 0 Å². The van der Waals surface area contributed by atoms with Crippen LogP contribution in [0.4, 0.5) is 0 Å². The number of carbonyl (C=O) groups is 2. The van der Waals surface area contributed by atoms with E-state index in [-0.39, 0.29) is 17.7 Å². The molecule has 6 nitrogen and oxygen atoms in total. The van der Waals surface area contributed by atoms with Crippen molar-refractivity contribution >= 4 is 11.8 Å². The highest BCUT2D eigenvalue weighted by atomic mass is 16.2. The van der Waals surface area contributed by atoms with Crippen molar-refractivity contribution < 1.29 is 9.59 Å². The highest BCUT2D eigenvalue weighted by Crippen LogP contribution is 2.28. The minimum Gasteiger partial charge on any atom is -0.355 e. The van der Waals surface area contributed by atoms with E-state index in [9.17, 15) is 9.59 Å². The van der Waals surface area contributed by atoms with Gasteiger partial charge in [0, 0.05) is 43.9 Å². The number of likely N-dealkylation sites (tertiary alicyclic amines) is 1. The standard InChI is InChI=1S/C16H24N4O2/c21-15-6-5-12(11-20(15)14-3-1-2-4-14)16(22)17-9-7-13-8-10-18-19-13/h8,10,12,14H,1-7,9,11H2,(H,17,22)(H,18,19). The van der Waals surface area contributed by atoms with Crippen LogP contribution in [0.1, 0.15) is 44.2 Å². The fourth-order valence-electron chi connectivity index (χ4n) is 3.54. The Kier molecular flexibility index (Phi) is 4.75. The van der Waals surface area contributed by atoms with Gasteiger partial charge < -0.3 is 10.2 Å². The minimum absolute atomic E-state index is 0.0555. The molecule has 2 N–H and O–H groups in total. The molecule has 2 fully saturated rings. The van der Waals surface area contributed by atoms with E-state index in [1.807, 2.05) is 11.0 Å². The van der Waals surface area contributed by atoms with Crippen LogP contribution in [0.3, 0.4) is 0 Å². The number of nitrogens with one attached hydrogen (secondary N) is 2. The molecule has 1 atom stereocenters. The number of rotatable bonds is 5. The van der Waals surface area contributed by atoms with Crippen molar-refractivity contribution in [3.8, 4) is 0 Å². The van der Waals surface area contributed by atoms with Crippen LogP contribution in [0.25, 0.3) is 0 Å². The van der Waals surface area contributed by atoms with E-state index in [2.05, 4.69) is 15.5 Å². The number of nitrogens with zero attached hydrogens (tertiary/aromatic N) is 2. The van der Waals surface area contributed by atoms with Crippen molar-refractivity contribution in [3.05, 3.63) is 18.0 Å². The van der Waals surface area contributed by atoms with E-state index in [1.54, 1.807) is 6.20 Å². The van der Waals surface area contributed by atoms with Gasteiger partial charge in [-0.25, -0.2) is 0 Å². The quantitative estimate of drug-likeness (QED) is 0.859. The third-order valence-corrected chi connectivity index (χ3v) is 4.83. The van der Waals surface area contributed by atoms with Gasteiger partial charge in [-0.3, -0.25) is 14.7 Å². The third kappa shape index (κ3) is 3.48. The number of aromatic nitrogens is 2. The topological polar surface area (TPSA) is 78.1 Å². The van der Waals surface area contributed by atoms with E-state index >= 15 is 0 Å². The van der Waals surface area contributed by atoms with Crippen molar-refractivity contribution in [2.45, 2.75) is 51.0 Å². The normalized spacial score (nSPS) is 23.0. The van der Waals surface area contributed by atoms with Crippen LogP contribution in [0.5, 0.6) is 0 Å². The highest BCUT2D eigenvalue weighted by Gasteiger charge is 2.34. The number of amides is 2. The number of carbonyl (C=O) groups excluding carboxylic acids is 2. The summed E-state index contributed by atoms with van der Waals surface area (Å²) in [7, 11) is 0. The van der Waals surface area contributed by atoms with Crippen molar-refractivity contribution in [2.24, 2.45) is 5.92 Å². The second-order valence-electron chi connectivity index (χ2n) is 6.34. The summed E-state index contributed by atoms with van der Waals surface area (Å²) in [6, 6.07) is 2.28. The highest BCUT2D eigenvalue weighted by molar-refractivity contribution is 5.84. The zero-order chi connectivity index (χ0) is 15.4. The van der Waals surface area contributed by atoms with E-state index in [0.717, 1.165) is 25.0 Å². The summed E-state index contributed by atoms with van der Waals surface area (Å²) in [6.45, 7) is 1.20. The molecule has 6 heteroatoms. The van der Waals surface area contributed by atoms with Crippen LogP contribution in [0.15, 0.2) is 12.3 Å². The van der Waals surface area contributed by atoms with Gasteiger partial charge in [-0.15, -0.1) is 0 Å². The summed E-state index contributed by atoms with van der Waals surface area (Å²) < 4.78 is 0. The van der Waals surface area contributed by atoms with E-state index in [4.69, 9.17) is 0 Å². The lowest BCUT2D eigenvalue weighted by Crippen LogP contribution is -2.49. The molecule has 1 saturated carbocycles. The van der Waals surface area contributed by atoms with E-state index in [0.29, 0.717) is 32.0 Å². The number of aromatic amines is 1. The van der Waals surface area contributed by atoms with Crippen LogP contribution in [0, 0.1) is 5.92 Å². The van der Waals surface area contributed by atoms with Crippen molar-refractivity contribution in [2.75, 3.05) is 13.1 Å². The Bertz CT molecular complexity index is 508. The summed E-state index contributed by atoms with van der Waals surface area (Å²) in [6.07, 6.45) is 8.25. The summed E-state index contributed by atoms with van der Waals surface area (Å²) in [5.74, 6) is 0.253. The Morgan fingerprint density at radius 1 is 1.36 bits per heavy atom. The number of hydrogen-bond acceptors (Lipinski definition) is 3. The van der Waals surface area contributed by atoms with Gasteiger partial charge in [-0.1, -0.05) is 12.8 Å². The van der Waals surface area contributed by atoms with Gasteiger partial charge >= 0.3 is 0 Å². The van der Waals surface area contributed by atoms with Crippen molar-refractivity contribution in [1.29, 1.82) is 0 Å². The lowest BCUT2D eigenvalue weighted by molar-refractivity contribution is -0.140. The zero-order valence-corrected chi connectivity index (χ0v) is 12.9. The third-order valence-electron chi connectivity index (χ3n) is 4.83. The SMILES string of the molecule is O=C(NCCc1ccn[nH]1)C1CCC(=O)N(C2CCCC2)C1. The monoisotopic (exact) mass is 304 g/mol. The average molecular weight is 304 g/mol. The fraction of sp³-hybridized carbons (Fsp3) is 0.688. The second kappa shape index (κ2) is 6.94. The number of piperidine rings is 1. The van der Waals surface area contributed by atoms with Gasteiger partial charge in [-0.05, 0) is 25.3 Å². The van der Waals surface area contributed by atoms with Crippen LogP contribution in [0.2, 0.25) is 0 Å². The van der Waals surface area contributed by atoms with Crippen molar-refractivity contribution in [3.63, 3.8) is 0 Å².